The zero-order valence-corrected chi connectivity index (χ0v) is 17.0. The number of benzene rings is 2. The summed E-state index contributed by atoms with van der Waals surface area (Å²) in [6, 6.07) is 15.3. The van der Waals surface area contributed by atoms with Gasteiger partial charge in [-0.05, 0) is 62.1 Å². The molecule has 0 saturated carbocycles. The summed E-state index contributed by atoms with van der Waals surface area (Å²) in [5.74, 6) is 0.198. The summed E-state index contributed by atoms with van der Waals surface area (Å²) in [4.78, 5) is 21.3. The Labute approximate surface area is 170 Å². The molecule has 0 saturated heterocycles. The Hall–Kier alpha value is -2.92. The molecule has 0 atom stereocenters. The van der Waals surface area contributed by atoms with Crippen molar-refractivity contribution in [2.24, 2.45) is 0 Å². The Morgan fingerprint density at radius 3 is 2.36 bits per heavy atom. The third-order valence-electron chi connectivity index (χ3n) is 4.42. The fourth-order valence-corrected chi connectivity index (χ4v) is 3.05. The van der Waals surface area contributed by atoms with Crippen LogP contribution in [0.2, 0.25) is 5.02 Å². The van der Waals surface area contributed by atoms with Crippen LogP contribution < -0.4 is 10.6 Å². The number of nitrogens with one attached hydrogen (secondary N) is 2. The van der Waals surface area contributed by atoms with Crippen LogP contribution >= 0.6 is 11.6 Å². The number of amides is 1. The van der Waals surface area contributed by atoms with E-state index < -0.39 is 0 Å². The first kappa shape index (κ1) is 19.8. The maximum Gasteiger partial charge on any atom is 0.270 e. The largest absolute Gasteiger partial charge is 0.350 e. The van der Waals surface area contributed by atoms with Gasteiger partial charge in [0.2, 0.25) is 5.95 Å². The number of halogens is 1. The van der Waals surface area contributed by atoms with Gasteiger partial charge < -0.3 is 10.6 Å². The molecule has 5 nitrogen and oxygen atoms in total. The first-order chi connectivity index (χ1) is 13.4. The number of aromatic nitrogens is 2. The number of hydrogen-bond acceptors (Lipinski definition) is 4. The maximum absolute atomic E-state index is 12.5. The monoisotopic (exact) mass is 394 g/mol. The van der Waals surface area contributed by atoms with Crippen LogP contribution in [0.4, 0.5) is 11.6 Å². The van der Waals surface area contributed by atoms with Crippen molar-refractivity contribution in [3.05, 3.63) is 81.6 Å². The van der Waals surface area contributed by atoms with Crippen molar-refractivity contribution in [1.29, 1.82) is 0 Å². The summed E-state index contributed by atoms with van der Waals surface area (Å²) in [6.45, 7) is 6.41. The molecule has 0 fully saturated rings. The number of hydrogen-bond donors (Lipinski definition) is 2. The topological polar surface area (TPSA) is 66.9 Å². The minimum atomic E-state index is -0.219. The highest BCUT2D eigenvalue weighted by molar-refractivity contribution is 6.30. The third-order valence-corrected chi connectivity index (χ3v) is 4.67. The molecule has 1 aromatic heterocycles. The van der Waals surface area contributed by atoms with E-state index in [1.54, 1.807) is 6.07 Å². The summed E-state index contributed by atoms with van der Waals surface area (Å²) in [5, 5.41) is 6.86. The standard InChI is InChI=1S/C22H23ClN4O/c1-14-5-4-6-15(2)20(14)27-22-25-16(3)13-19(26-22)21(28)24-12-11-17-7-9-18(23)10-8-17/h4-10,13H,11-12H2,1-3H3,(H,24,28)(H,25,26,27). The van der Waals surface area contributed by atoms with Crippen molar-refractivity contribution in [1.82, 2.24) is 15.3 Å². The second-order valence-electron chi connectivity index (χ2n) is 6.74. The molecule has 144 valence electrons. The van der Waals surface area contributed by atoms with Crippen LogP contribution in [0.25, 0.3) is 0 Å². The number of nitrogens with zero attached hydrogens (tertiary/aromatic N) is 2. The predicted octanol–water partition coefficient (Wildman–Crippen LogP) is 4.77. The SMILES string of the molecule is Cc1cc(C(=O)NCCc2ccc(Cl)cc2)nc(Nc2c(C)cccc2C)n1. The molecule has 0 spiro atoms. The molecular formula is C22H23ClN4O. The summed E-state index contributed by atoms with van der Waals surface area (Å²) in [7, 11) is 0. The molecule has 6 heteroatoms. The molecule has 0 unspecified atom stereocenters. The molecule has 0 aliphatic carbocycles. The van der Waals surface area contributed by atoms with Crippen LogP contribution in [0.1, 0.15) is 32.9 Å². The normalized spacial score (nSPS) is 10.6. The maximum atomic E-state index is 12.5. The van der Waals surface area contributed by atoms with Crippen LogP contribution in [0.15, 0.2) is 48.5 Å². The lowest BCUT2D eigenvalue weighted by molar-refractivity contribution is 0.0949. The van der Waals surface area contributed by atoms with E-state index in [1.165, 1.54) is 0 Å². The Morgan fingerprint density at radius 1 is 1.00 bits per heavy atom. The van der Waals surface area contributed by atoms with Gasteiger partial charge >= 0.3 is 0 Å². The quantitative estimate of drug-likeness (QED) is 0.631. The van der Waals surface area contributed by atoms with Crippen molar-refractivity contribution < 1.29 is 4.79 Å². The van der Waals surface area contributed by atoms with Crippen LogP contribution in [-0.4, -0.2) is 22.4 Å². The average Bonchev–Trinajstić information content (AvgIpc) is 2.66. The molecule has 0 aliphatic rings. The van der Waals surface area contributed by atoms with E-state index in [-0.39, 0.29) is 5.91 Å². The van der Waals surface area contributed by atoms with Gasteiger partial charge in [-0.2, -0.15) is 0 Å². The highest BCUT2D eigenvalue weighted by atomic mass is 35.5. The molecule has 3 rings (SSSR count). The van der Waals surface area contributed by atoms with E-state index in [0.29, 0.717) is 23.2 Å². The van der Waals surface area contributed by atoms with Crippen molar-refractivity contribution in [2.45, 2.75) is 27.2 Å². The lowest BCUT2D eigenvalue weighted by atomic mass is 10.1. The average molecular weight is 395 g/mol. The van der Waals surface area contributed by atoms with Gasteiger partial charge in [-0.25, -0.2) is 9.97 Å². The Morgan fingerprint density at radius 2 is 1.68 bits per heavy atom. The number of rotatable bonds is 6. The fraction of sp³-hybridized carbons (Fsp3) is 0.227. The van der Waals surface area contributed by atoms with Gasteiger partial charge in [0.1, 0.15) is 5.69 Å². The molecule has 0 aliphatic heterocycles. The van der Waals surface area contributed by atoms with E-state index in [1.807, 2.05) is 63.2 Å². The molecule has 2 N–H and O–H groups in total. The van der Waals surface area contributed by atoms with E-state index in [0.717, 1.165) is 34.5 Å². The van der Waals surface area contributed by atoms with Gasteiger partial charge in [0, 0.05) is 22.9 Å². The molecule has 28 heavy (non-hydrogen) atoms. The van der Waals surface area contributed by atoms with E-state index in [4.69, 9.17) is 11.6 Å². The molecular weight excluding hydrogens is 372 g/mol. The molecule has 1 amide bonds. The van der Waals surface area contributed by atoms with Crippen LogP contribution in [-0.2, 0) is 6.42 Å². The summed E-state index contributed by atoms with van der Waals surface area (Å²) >= 11 is 5.89. The van der Waals surface area contributed by atoms with Crippen LogP contribution in [0, 0.1) is 20.8 Å². The van der Waals surface area contributed by atoms with E-state index >= 15 is 0 Å². The molecule has 1 heterocycles. The van der Waals surface area contributed by atoms with Gasteiger partial charge in [0.05, 0.1) is 0 Å². The summed E-state index contributed by atoms with van der Waals surface area (Å²) < 4.78 is 0. The summed E-state index contributed by atoms with van der Waals surface area (Å²) in [5.41, 5.74) is 5.34. The van der Waals surface area contributed by atoms with Crippen LogP contribution in [0.5, 0.6) is 0 Å². The molecule has 0 radical (unpaired) electrons. The van der Waals surface area contributed by atoms with Crippen molar-refractivity contribution in [3.63, 3.8) is 0 Å². The highest BCUT2D eigenvalue weighted by Gasteiger charge is 2.12. The van der Waals surface area contributed by atoms with Crippen LogP contribution in [0.3, 0.4) is 0 Å². The minimum Gasteiger partial charge on any atom is -0.350 e. The van der Waals surface area contributed by atoms with Crippen molar-refractivity contribution in [3.8, 4) is 0 Å². The van der Waals surface area contributed by atoms with Gasteiger partial charge in [-0.3, -0.25) is 4.79 Å². The number of carbonyl (C=O) groups excluding carboxylic acids is 1. The first-order valence-electron chi connectivity index (χ1n) is 9.14. The number of aryl methyl sites for hydroxylation is 3. The van der Waals surface area contributed by atoms with Crippen molar-refractivity contribution in [2.75, 3.05) is 11.9 Å². The first-order valence-corrected chi connectivity index (χ1v) is 9.52. The Balaban J connectivity index is 1.68. The zero-order valence-electron chi connectivity index (χ0n) is 16.2. The van der Waals surface area contributed by atoms with E-state index in [9.17, 15) is 4.79 Å². The van der Waals surface area contributed by atoms with E-state index in [2.05, 4.69) is 20.6 Å². The van der Waals surface area contributed by atoms with Gasteiger partial charge in [0.15, 0.2) is 0 Å². The predicted molar refractivity (Wildman–Crippen MR) is 113 cm³/mol. The van der Waals surface area contributed by atoms with Gasteiger partial charge in [0.25, 0.3) is 5.91 Å². The third kappa shape index (κ3) is 5.08. The fourth-order valence-electron chi connectivity index (χ4n) is 2.93. The molecule has 0 bridgehead atoms. The van der Waals surface area contributed by atoms with Gasteiger partial charge in [-0.15, -0.1) is 0 Å². The second kappa shape index (κ2) is 8.85. The molecule has 3 aromatic rings. The van der Waals surface area contributed by atoms with Gasteiger partial charge in [-0.1, -0.05) is 41.9 Å². The van der Waals surface area contributed by atoms with Crippen molar-refractivity contribution >= 4 is 29.1 Å². The minimum absolute atomic E-state index is 0.219. The number of carbonyl (C=O) groups is 1. The highest BCUT2D eigenvalue weighted by Crippen LogP contribution is 2.22. The smallest absolute Gasteiger partial charge is 0.270 e. The number of para-hydroxylation sites is 1. The Kier molecular flexibility index (Phi) is 6.26. The second-order valence-corrected chi connectivity index (χ2v) is 7.18. The summed E-state index contributed by atoms with van der Waals surface area (Å²) in [6.07, 6.45) is 0.723. The molecule has 2 aromatic carbocycles. The lowest BCUT2D eigenvalue weighted by Gasteiger charge is -2.13. The lowest BCUT2D eigenvalue weighted by Crippen LogP contribution is -2.27. The Bertz CT molecular complexity index is 966. The zero-order chi connectivity index (χ0) is 20.1. The number of anilines is 2.